The van der Waals surface area contributed by atoms with Crippen LogP contribution in [0.1, 0.15) is 18.9 Å². The maximum absolute atomic E-state index is 11.5. The standard InChI is InChI=1S/C13H19NO3/c1-4-12(14(2)3)16-17-13(15)10-11-8-6-5-7-9-11/h5-9,12H,4,10H2,1-3H3. The Balaban J connectivity index is 2.35. The van der Waals surface area contributed by atoms with Crippen LogP contribution in [-0.2, 0) is 21.0 Å². The quantitative estimate of drug-likeness (QED) is 0.431. The molecule has 0 fully saturated rings. The average molecular weight is 237 g/mol. The van der Waals surface area contributed by atoms with E-state index < -0.39 is 0 Å². The Labute approximate surface area is 102 Å². The normalized spacial score (nSPS) is 12.5. The fraction of sp³-hybridized carbons (Fsp3) is 0.462. The van der Waals surface area contributed by atoms with Crippen molar-refractivity contribution in [2.45, 2.75) is 26.0 Å². The molecule has 0 amide bonds. The molecule has 0 radical (unpaired) electrons. The van der Waals surface area contributed by atoms with Crippen molar-refractivity contribution in [1.82, 2.24) is 4.90 Å². The molecule has 0 aliphatic rings. The van der Waals surface area contributed by atoms with E-state index in [4.69, 9.17) is 9.78 Å². The molecule has 4 heteroatoms. The molecule has 0 heterocycles. The number of rotatable bonds is 6. The molecule has 0 spiro atoms. The van der Waals surface area contributed by atoms with Gasteiger partial charge in [-0.05, 0) is 26.1 Å². The third-order valence-electron chi connectivity index (χ3n) is 2.37. The zero-order valence-corrected chi connectivity index (χ0v) is 10.6. The first-order chi connectivity index (χ1) is 8.13. The van der Waals surface area contributed by atoms with Crippen molar-refractivity contribution in [2.75, 3.05) is 14.1 Å². The molecule has 1 atom stereocenters. The van der Waals surface area contributed by atoms with Crippen LogP contribution in [0.2, 0.25) is 0 Å². The van der Waals surface area contributed by atoms with Gasteiger partial charge in [0, 0.05) is 0 Å². The molecule has 17 heavy (non-hydrogen) atoms. The second kappa shape index (κ2) is 7.04. The third-order valence-corrected chi connectivity index (χ3v) is 2.37. The monoisotopic (exact) mass is 237 g/mol. The Morgan fingerprint density at radius 2 is 1.94 bits per heavy atom. The van der Waals surface area contributed by atoms with Crippen LogP contribution in [0.15, 0.2) is 30.3 Å². The fourth-order valence-corrected chi connectivity index (χ4v) is 1.42. The van der Waals surface area contributed by atoms with Gasteiger partial charge in [0.15, 0.2) is 6.23 Å². The van der Waals surface area contributed by atoms with Gasteiger partial charge in [-0.25, -0.2) is 4.79 Å². The molecule has 0 N–H and O–H groups in total. The predicted molar refractivity (Wildman–Crippen MR) is 65.1 cm³/mol. The van der Waals surface area contributed by atoms with Gasteiger partial charge in [0.25, 0.3) is 0 Å². The molecular formula is C13H19NO3. The molecule has 0 aliphatic heterocycles. The zero-order chi connectivity index (χ0) is 12.7. The van der Waals surface area contributed by atoms with E-state index in [2.05, 4.69) is 0 Å². The van der Waals surface area contributed by atoms with Crippen LogP contribution in [0.5, 0.6) is 0 Å². The number of hydrogen-bond acceptors (Lipinski definition) is 4. The highest BCUT2D eigenvalue weighted by atomic mass is 17.2. The molecule has 1 unspecified atom stereocenters. The molecule has 0 bridgehead atoms. The summed E-state index contributed by atoms with van der Waals surface area (Å²) in [5.41, 5.74) is 0.916. The molecular weight excluding hydrogens is 218 g/mol. The molecule has 94 valence electrons. The lowest BCUT2D eigenvalue weighted by Gasteiger charge is -2.20. The highest BCUT2D eigenvalue weighted by Crippen LogP contribution is 2.05. The van der Waals surface area contributed by atoms with Crippen LogP contribution in [0, 0.1) is 0 Å². The van der Waals surface area contributed by atoms with E-state index in [1.54, 1.807) is 0 Å². The van der Waals surface area contributed by atoms with E-state index in [9.17, 15) is 4.79 Å². The summed E-state index contributed by atoms with van der Waals surface area (Å²) in [6, 6.07) is 9.44. The first-order valence-corrected chi connectivity index (χ1v) is 5.70. The maximum Gasteiger partial charge on any atom is 0.346 e. The Bertz CT molecular complexity index is 338. The molecule has 0 saturated carbocycles. The number of carbonyl (C=O) groups is 1. The Morgan fingerprint density at radius 3 is 2.47 bits per heavy atom. The van der Waals surface area contributed by atoms with Crippen LogP contribution in [0.25, 0.3) is 0 Å². The van der Waals surface area contributed by atoms with Crippen molar-refractivity contribution in [3.8, 4) is 0 Å². The minimum Gasteiger partial charge on any atom is -0.296 e. The van der Waals surface area contributed by atoms with Gasteiger partial charge in [0.1, 0.15) is 0 Å². The Kier molecular flexibility index (Phi) is 5.66. The summed E-state index contributed by atoms with van der Waals surface area (Å²) in [6.45, 7) is 1.97. The molecule has 1 rings (SSSR count). The second-order valence-electron chi connectivity index (χ2n) is 4.04. The van der Waals surface area contributed by atoms with E-state index in [-0.39, 0.29) is 18.6 Å². The largest absolute Gasteiger partial charge is 0.346 e. The van der Waals surface area contributed by atoms with Crippen molar-refractivity contribution in [3.05, 3.63) is 35.9 Å². The van der Waals surface area contributed by atoms with Gasteiger partial charge in [-0.15, -0.1) is 0 Å². The second-order valence-corrected chi connectivity index (χ2v) is 4.04. The van der Waals surface area contributed by atoms with E-state index in [1.807, 2.05) is 56.3 Å². The molecule has 0 aliphatic carbocycles. The first kappa shape index (κ1) is 13.7. The Morgan fingerprint density at radius 1 is 1.29 bits per heavy atom. The number of hydrogen-bond donors (Lipinski definition) is 0. The Hall–Kier alpha value is -1.39. The van der Waals surface area contributed by atoms with Crippen LogP contribution in [-0.4, -0.2) is 31.2 Å². The summed E-state index contributed by atoms with van der Waals surface area (Å²) in [5.74, 6) is -0.378. The SMILES string of the molecule is CCC(OOC(=O)Cc1ccccc1)N(C)C. The summed E-state index contributed by atoms with van der Waals surface area (Å²) < 4.78 is 0. The number of nitrogens with zero attached hydrogens (tertiary/aromatic N) is 1. The highest BCUT2D eigenvalue weighted by Gasteiger charge is 2.13. The van der Waals surface area contributed by atoms with Crippen molar-refractivity contribution in [2.24, 2.45) is 0 Å². The van der Waals surface area contributed by atoms with Gasteiger partial charge in [0.2, 0.25) is 0 Å². The van der Waals surface area contributed by atoms with Gasteiger partial charge in [-0.1, -0.05) is 37.3 Å². The lowest BCUT2D eigenvalue weighted by Crippen LogP contribution is -2.31. The molecule has 1 aromatic rings. The molecule has 1 aromatic carbocycles. The molecule has 4 nitrogen and oxygen atoms in total. The van der Waals surface area contributed by atoms with Crippen LogP contribution < -0.4 is 0 Å². The van der Waals surface area contributed by atoms with Crippen molar-refractivity contribution < 1.29 is 14.6 Å². The maximum atomic E-state index is 11.5. The smallest absolute Gasteiger partial charge is 0.296 e. The van der Waals surface area contributed by atoms with Gasteiger partial charge >= 0.3 is 5.97 Å². The van der Waals surface area contributed by atoms with E-state index in [1.165, 1.54) is 0 Å². The lowest BCUT2D eigenvalue weighted by atomic mass is 10.2. The topological polar surface area (TPSA) is 38.8 Å². The number of benzene rings is 1. The summed E-state index contributed by atoms with van der Waals surface area (Å²) >= 11 is 0. The van der Waals surface area contributed by atoms with Gasteiger partial charge in [0.05, 0.1) is 6.42 Å². The average Bonchev–Trinajstić information content (AvgIpc) is 2.30. The van der Waals surface area contributed by atoms with Crippen molar-refractivity contribution >= 4 is 5.97 Å². The predicted octanol–water partition coefficient (Wildman–Crippen LogP) is 2.00. The minimum absolute atomic E-state index is 0.199. The van der Waals surface area contributed by atoms with Gasteiger partial charge < -0.3 is 0 Å². The third kappa shape index (κ3) is 4.97. The molecule has 0 saturated heterocycles. The van der Waals surface area contributed by atoms with E-state index >= 15 is 0 Å². The lowest BCUT2D eigenvalue weighted by molar-refractivity contribution is -0.320. The van der Waals surface area contributed by atoms with Crippen molar-refractivity contribution in [1.29, 1.82) is 0 Å². The van der Waals surface area contributed by atoms with Crippen molar-refractivity contribution in [3.63, 3.8) is 0 Å². The van der Waals surface area contributed by atoms with Crippen LogP contribution in [0.3, 0.4) is 0 Å². The summed E-state index contributed by atoms with van der Waals surface area (Å²) in [7, 11) is 3.75. The van der Waals surface area contributed by atoms with Crippen LogP contribution >= 0.6 is 0 Å². The summed E-state index contributed by atoms with van der Waals surface area (Å²) in [6.07, 6.45) is 0.783. The summed E-state index contributed by atoms with van der Waals surface area (Å²) in [4.78, 5) is 23.2. The minimum atomic E-state index is -0.378. The van der Waals surface area contributed by atoms with Crippen LogP contribution in [0.4, 0.5) is 0 Å². The molecule has 0 aromatic heterocycles. The van der Waals surface area contributed by atoms with E-state index in [0.29, 0.717) is 0 Å². The highest BCUT2D eigenvalue weighted by molar-refractivity contribution is 5.71. The fourth-order valence-electron chi connectivity index (χ4n) is 1.42. The first-order valence-electron chi connectivity index (χ1n) is 5.70. The van der Waals surface area contributed by atoms with Gasteiger partial charge in [-0.3, -0.25) is 9.79 Å². The number of carbonyl (C=O) groups excluding carboxylic acids is 1. The summed E-state index contributed by atoms with van der Waals surface area (Å²) in [5, 5.41) is 0. The zero-order valence-electron chi connectivity index (χ0n) is 10.6. The van der Waals surface area contributed by atoms with E-state index in [0.717, 1.165) is 12.0 Å². The van der Waals surface area contributed by atoms with Gasteiger partial charge in [-0.2, -0.15) is 4.89 Å².